The van der Waals surface area contributed by atoms with E-state index in [1.165, 1.54) is 0 Å². The van der Waals surface area contributed by atoms with Gasteiger partial charge in [0.15, 0.2) is 0 Å². The van der Waals surface area contributed by atoms with Crippen LogP contribution in [0.3, 0.4) is 0 Å². The van der Waals surface area contributed by atoms with E-state index in [4.69, 9.17) is 9.84 Å². The zero-order valence-corrected chi connectivity index (χ0v) is 12.0. The van der Waals surface area contributed by atoms with E-state index in [1.807, 2.05) is 20.9 Å². The molecule has 0 aliphatic rings. The number of hydrogen-bond donors (Lipinski definition) is 3. The van der Waals surface area contributed by atoms with Crippen molar-refractivity contribution in [2.45, 2.75) is 26.7 Å². The maximum Gasteiger partial charge on any atom is 0.134 e. The number of aliphatic hydroxyl groups excluding tert-OH is 1. The average Bonchev–Trinajstić information content (AvgIpc) is 2.44. The Morgan fingerprint density at radius 1 is 1.21 bits per heavy atom. The zero-order valence-electron chi connectivity index (χ0n) is 12.0. The quantitative estimate of drug-likeness (QED) is 0.584. The van der Waals surface area contributed by atoms with Crippen molar-refractivity contribution in [3.05, 3.63) is 11.4 Å². The van der Waals surface area contributed by atoms with Gasteiger partial charge in [-0.3, -0.25) is 0 Å². The third-order valence-corrected chi connectivity index (χ3v) is 2.74. The molecule has 6 nitrogen and oxygen atoms in total. The minimum atomic E-state index is 0.0733. The molecule has 0 unspecified atom stereocenters. The summed E-state index contributed by atoms with van der Waals surface area (Å²) in [6.07, 6.45) is 1.68. The number of ether oxygens (including phenoxy) is 1. The van der Waals surface area contributed by atoms with Crippen LogP contribution in [0.15, 0.2) is 0 Å². The van der Waals surface area contributed by atoms with E-state index in [0.29, 0.717) is 13.2 Å². The number of rotatable bonds is 9. The Hall–Kier alpha value is -1.40. The standard InChI is InChI=1S/C13H24N4O2/c1-4-11-16-12(14-3)10(2)13(17-11)15-6-5-8-19-9-7-18/h18H,4-9H2,1-3H3,(H2,14,15,16,17). The van der Waals surface area contributed by atoms with Crippen LogP contribution in [-0.2, 0) is 11.2 Å². The molecule has 0 radical (unpaired) electrons. The minimum Gasteiger partial charge on any atom is -0.394 e. The summed E-state index contributed by atoms with van der Waals surface area (Å²) >= 11 is 0. The van der Waals surface area contributed by atoms with Crippen molar-refractivity contribution in [2.75, 3.05) is 44.0 Å². The van der Waals surface area contributed by atoms with Crippen LogP contribution in [0.2, 0.25) is 0 Å². The fraction of sp³-hybridized carbons (Fsp3) is 0.692. The molecular weight excluding hydrogens is 244 g/mol. The van der Waals surface area contributed by atoms with Gasteiger partial charge in [-0.15, -0.1) is 0 Å². The average molecular weight is 268 g/mol. The molecule has 0 amide bonds. The Bertz CT molecular complexity index is 385. The summed E-state index contributed by atoms with van der Waals surface area (Å²) in [5.74, 6) is 2.57. The maximum atomic E-state index is 8.59. The number of nitrogens with one attached hydrogen (secondary N) is 2. The molecule has 0 aliphatic carbocycles. The molecule has 6 heteroatoms. The third-order valence-electron chi connectivity index (χ3n) is 2.74. The molecule has 0 saturated carbocycles. The van der Waals surface area contributed by atoms with E-state index < -0.39 is 0 Å². The fourth-order valence-electron chi connectivity index (χ4n) is 1.68. The number of nitrogens with zero attached hydrogens (tertiary/aromatic N) is 2. The Morgan fingerprint density at radius 2 is 1.95 bits per heavy atom. The van der Waals surface area contributed by atoms with Crippen molar-refractivity contribution in [3.63, 3.8) is 0 Å². The smallest absolute Gasteiger partial charge is 0.134 e. The van der Waals surface area contributed by atoms with Crippen LogP contribution in [-0.4, -0.2) is 48.5 Å². The fourth-order valence-corrected chi connectivity index (χ4v) is 1.68. The molecule has 0 atom stereocenters. The summed E-state index contributed by atoms with van der Waals surface area (Å²) in [6, 6.07) is 0. The summed E-state index contributed by atoms with van der Waals surface area (Å²) in [4.78, 5) is 8.91. The summed E-state index contributed by atoms with van der Waals surface area (Å²) in [5.41, 5.74) is 1.02. The van der Waals surface area contributed by atoms with Gasteiger partial charge in [0.25, 0.3) is 0 Å². The minimum absolute atomic E-state index is 0.0733. The van der Waals surface area contributed by atoms with Gasteiger partial charge in [0.05, 0.1) is 13.2 Å². The van der Waals surface area contributed by atoms with E-state index >= 15 is 0 Å². The van der Waals surface area contributed by atoms with Gasteiger partial charge in [-0.25, -0.2) is 9.97 Å². The van der Waals surface area contributed by atoms with Gasteiger partial charge in [0.2, 0.25) is 0 Å². The summed E-state index contributed by atoms with van der Waals surface area (Å²) < 4.78 is 5.21. The number of aryl methyl sites for hydroxylation is 1. The summed E-state index contributed by atoms with van der Waals surface area (Å²) in [6.45, 7) is 5.93. The second-order valence-corrected chi connectivity index (χ2v) is 4.18. The van der Waals surface area contributed by atoms with E-state index in [2.05, 4.69) is 20.6 Å². The predicted molar refractivity (Wildman–Crippen MR) is 76.7 cm³/mol. The lowest BCUT2D eigenvalue weighted by Crippen LogP contribution is -2.12. The Morgan fingerprint density at radius 3 is 2.58 bits per heavy atom. The predicted octanol–water partition coefficient (Wildman–Crippen LogP) is 1.20. The molecule has 0 bridgehead atoms. The normalized spacial score (nSPS) is 10.5. The van der Waals surface area contributed by atoms with Gasteiger partial charge in [-0.2, -0.15) is 0 Å². The SMILES string of the molecule is CCc1nc(NC)c(C)c(NCCCOCCO)n1. The maximum absolute atomic E-state index is 8.59. The zero-order chi connectivity index (χ0) is 14.1. The van der Waals surface area contributed by atoms with Crippen molar-refractivity contribution >= 4 is 11.6 Å². The summed E-state index contributed by atoms with van der Waals surface area (Å²) in [5, 5.41) is 15.0. The molecule has 108 valence electrons. The monoisotopic (exact) mass is 268 g/mol. The molecule has 19 heavy (non-hydrogen) atoms. The molecule has 0 saturated heterocycles. The van der Waals surface area contributed by atoms with Crippen molar-refractivity contribution in [1.29, 1.82) is 0 Å². The molecule has 0 fully saturated rings. The topological polar surface area (TPSA) is 79.3 Å². The number of anilines is 2. The van der Waals surface area contributed by atoms with Gasteiger partial charge < -0.3 is 20.5 Å². The first-order valence-electron chi connectivity index (χ1n) is 6.70. The van der Waals surface area contributed by atoms with Gasteiger partial charge in [-0.05, 0) is 13.3 Å². The molecule has 0 spiro atoms. The Balaban J connectivity index is 2.52. The van der Waals surface area contributed by atoms with Gasteiger partial charge in [-0.1, -0.05) is 6.92 Å². The molecule has 3 N–H and O–H groups in total. The van der Waals surface area contributed by atoms with Crippen LogP contribution in [0.1, 0.15) is 24.7 Å². The van der Waals surface area contributed by atoms with E-state index in [9.17, 15) is 0 Å². The van der Waals surface area contributed by atoms with Gasteiger partial charge in [0.1, 0.15) is 17.5 Å². The van der Waals surface area contributed by atoms with Crippen molar-refractivity contribution in [2.24, 2.45) is 0 Å². The number of hydrogen-bond acceptors (Lipinski definition) is 6. The van der Waals surface area contributed by atoms with E-state index in [1.54, 1.807) is 0 Å². The van der Waals surface area contributed by atoms with Gasteiger partial charge in [0, 0.05) is 32.2 Å². The molecule has 0 aromatic carbocycles. The van der Waals surface area contributed by atoms with Crippen LogP contribution >= 0.6 is 0 Å². The first-order valence-corrected chi connectivity index (χ1v) is 6.70. The first kappa shape index (κ1) is 15.7. The Kier molecular flexibility index (Phi) is 7.14. The second kappa shape index (κ2) is 8.66. The molecule has 1 heterocycles. The highest BCUT2D eigenvalue weighted by Crippen LogP contribution is 2.19. The largest absolute Gasteiger partial charge is 0.394 e. The highest BCUT2D eigenvalue weighted by atomic mass is 16.5. The number of aliphatic hydroxyl groups is 1. The van der Waals surface area contributed by atoms with Crippen LogP contribution < -0.4 is 10.6 Å². The highest BCUT2D eigenvalue weighted by molar-refractivity contribution is 5.56. The van der Waals surface area contributed by atoms with Crippen LogP contribution in [0, 0.1) is 6.92 Å². The molecule has 0 aliphatic heterocycles. The van der Waals surface area contributed by atoms with Gasteiger partial charge >= 0.3 is 0 Å². The van der Waals surface area contributed by atoms with Crippen molar-refractivity contribution < 1.29 is 9.84 Å². The molecular formula is C13H24N4O2. The lowest BCUT2D eigenvalue weighted by molar-refractivity contribution is 0.0922. The van der Waals surface area contributed by atoms with Crippen molar-refractivity contribution in [3.8, 4) is 0 Å². The van der Waals surface area contributed by atoms with Crippen LogP contribution in [0.4, 0.5) is 11.6 Å². The van der Waals surface area contributed by atoms with Crippen molar-refractivity contribution in [1.82, 2.24) is 9.97 Å². The highest BCUT2D eigenvalue weighted by Gasteiger charge is 2.08. The Labute approximate surface area is 114 Å². The lowest BCUT2D eigenvalue weighted by Gasteiger charge is -2.13. The van der Waals surface area contributed by atoms with E-state index in [-0.39, 0.29) is 6.61 Å². The van der Waals surface area contributed by atoms with Crippen LogP contribution in [0.5, 0.6) is 0 Å². The second-order valence-electron chi connectivity index (χ2n) is 4.18. The lowest BCUT2D eigenvalue weighted by atomic mass is 10.3. The molecule has 1 aromatic rings. The number of aromatic nitrogens is 2. The first-order chi connectivity index (χ1) is 9.22. The molecule has 1 aromatic heterocycles. The molecule has 1 rings (SSSR count). The third kappa shape index (κ3) is 5.00. The summed E-state index contributed by atoms with van der Waals surface area (Å²) in [7, 11) is 1.86. The van der Waals surface area contributed by atoms with Crippen LogP contribution in [0.25, 0.3) is 0 Å². The van der Waals surface area contributed by atoms with E-state index in [0.717, 1.165) is 42.4 Å².